The van der Waals surface area contributed by atoms with Gasteiger partial charge in [0.1, 0.15) is 11.6 Å². The van der Waals surface area contributed by atoms with Gasteiger partial charge >= 0.3 is 6.18 Å². The summed E-state index contributed by atoms with van der Waals surface area (Å²) in [6.07, 6.45) is -2.05. The van der Waals surface area contributed by atoms with Crippen LogP contribution in [0.5, 0.6) is 0 Å². The number of aromatic nitrogens is 1. The van der Waals surface area contributed by atoms with E-state index >= 15 is 0 Å². The highest BCUT2D eigenvalue weighted by molar-refractivity contribution is 5.82. The molecule has 0 unspecified atom stereocenters. The number of nitrogens with two attached hydrogens (primary N) is 1. The lowest BCUT2D eigenvalue weighted by atomic mass is 9.91. The van der Waals surface area contributed by atoms with Gasteiger partial charge in [-0.1, -0.05) is 0 Å². The maximum Gasteiger partial charge on any atom is 0.413 e. The van der Waals surface area contributed by atoms with Crippen molar-refractivity contribution in [2.45, 2.75) is 19.1 Å². The molecule has 0 atom stereocenters. The molecule has 0 spiro atoms. The fraction of sp³-hybridized carbons (Fsp3) is 0.231. The summed E-state index contributed by atoms with van der Waals surface area (Å²) in [7, 11) is 0. The first-order valence-electron chi connectivity index (χ1n) is 5.70. The molecule has 1 radical (unpaired) electrons. The number of allylic oxidation sites excluding steroid dienone is 4. The Balaban J connectivity index is 2.59. The molecule has 1 aliphatic carbocycles. The zero-order valence-corrected chi connectivity index (χ0v) is 10.1. The van der Waals surface area contributed by atoms with Crippen molar-refractivity contribution in [2.75, 3.05) is 0 Å². The van der Waals surface area contributed by atoms with Crippen molar-refractivity contribution in [3.05, 3.63) is 53.2 Å². The van der Waals surface area contributed by atoms with Crippen LogP contribution >= 0.6 is 0 Å². The second-order valence-electron chi connectivity index (χ2n) is 4.13. The number of alkyl halides is 3. The highest BCUT2D eigenvalue weighted by Gasteiger charge is 2.38. The fourth-order valence-electron chi connectivity index (χ4n) is 1.92. The summed E-state index contributed by atoms with van der Waals surface area (Å²) in [4.78, 5) is 3.61. The monoisotopic (exact) mass is 289 g/mol. The molecule has 1 aromatic rings. The van der Waals surface area contributed by atoms with E-state index in [-0.39, 0.29) is 24.2 Å². The zero-order valence-electron chi connectivity index (χ0n) is 10.1. The molecule has 1 aliphatic rings. The molecule has 1 heterocycles. The third-order valence-electron chi connectivity index (χ3n) is 2.83. The third kappa shape index (κ3) is 2.72. The van der Waals surface area contributed by atoms with Gasteiger partial charge in [0.25, 0.3) is 0 Å². The molecule has 107 valence electrons. The first-order chi connectivity index (χ1) is 9.34. The van der Waals surface area contributed by atoms with Crippen LogP contribution in [-0.4, -0.2) is 11.2 Å². The smallest absolute Gasteiger partial charge is 0.325 e. The molecule has 0 aliphatic heterocycles. The van der Waals surface area contributed by atoms with Crippen molar-refractivity contribution in [2.24, 2.45) is 5.73 Å². The zero-order chi connectivity index (χ0) is 14.9. The molecule has 0 saturated heterocycles. The summed E-state index contributed by atoms with van der Waals surface area (Å²) >= 11 is 0. The quantitative estimate of drug-likeness (QED) is 0.847. The normalized spacial score (nSPS) is 16.4. The van der Waals surface area contributed by atoms with E-state index in [0.717, 1.165) is 24.8 Å². The summed E-state index contributed by atoms with van der Waals surface area (Å²) in [6, 6.07) is 0.808. The maximum absolute atomic E-state index is 13.7. The Morgan fingerprint density at radius 3 is 2.50 bits per heavy atom. The summed E-state index contributed by atoms with van der Waals surface area (Å²) in [5.41, 5.74) is 3.04. The van der Waals surface area contributed by atoms with Gasteiger partial charge in [0.15, 0.2) is 0 Å². The molecule has 7 heteroatoms. The third-order valence-corrected chi connectivity index (χ3v) is 2.83. The highest BCUT2D eigenvalue weighted by Crippen LogP contribution is 2.41. The molecule has 0 bridgehead atoms. The summed E-state index contributed by atoms with van der Waals surface area (Å²) < 4.78 is 65.9. The Bertz CT molecular complexity index is 587. The van der Waals surface area contributed by atoms with E-state index in [1.807, 2.05) is 0 Å². The van der Waals surface area contributed by atoms with E-state index < -0.39 is 29.0 Å². The van der Waals surface area contributed by atoms with Crippen LogP contribution in [0, 0.1) is 12.2 Å². The number of halogens is 5. The van der Waals surface area contributed by atoms with Gasteiger partial charge in [-0.15, -0.1) is 0 Å². The Morgan fingerprint density at radius 1 is 1.25 bits per heavy atom. The second-order valence-corrected chi connectivity index (χ2v) is 4.13. The van der Waals surface area contributed by atoms with E-state index in [1.54, 1.807) is 0 Å². The average Bonchev–Trinajstić information content (AvgIpc) is 2.37. The van der Waals surface area contributed by atoms with Gasteiger partial charge in [0.2, 0.25) is 0 Å². The first-order valence-corrected chi connectivity index (χ1v) is 5.70. The molecule has 1 aromatic heterocycles. The lowest BCUT2D eigenvalue weighted by molar-refractivity contribution is -0.0895. The number of hydrogen-bond donors (Lipinski definition) is 1. The van der Waals surface area contributed by atoms with Crippen LogP contribution in [0.1, 0.15) is 17.7 Å². The molecule has 0 saturated carbocycles. The van der Waals surface area contributed by atoms with E-state index in [2.05, 4.69) is 4.98 Å². The number of rotatable bonds is 2. The van der Waals surface area contributed by atoms with Crippen LogP contribution in [0.25, 0.3) is 5.57 Å². The van der Waals surface area contributed by atoms with Crippen LogP contribution in [0.15, 0.2) is 29.7 Å². The minimum atomic E-state index is -4.72. The van der Waals surface area contributed by atoms with Crippen molar-refractivity contribution in [1.29, 1.82) is 0 Å². The van der Waals surface area contributed by atoms with Crippen LogP contribution < -0.4 is 5.73 Å². The minimum Gasteiger partial charge on any atom is -0.325 e. The van der Waals surface area contributed by atoms with E-state index in [9.17, 15) is 22.0 Å². The molecule has 0 fully saturated rings. The lowest BCUT2D eigenvalue weighted by Gasteiger charge is -2.20. The van der Waals surface area contributed by atoms with Gasteiger partial charge in [-0.25, -0.2) is 8.78 Å². The molecule has 2 nitrogen and oxygen atoms in total. The lowest BCUT2D eigenvalue weighted by Crippen LogP contribution is -2.17. The van der Waals surface area contributed by atoms with Crippen LogP contribution in [0.3, 0.4) is 0 Å². The maximum atomic E-state index is 13.7. The average molecular weight is 289 g/mol. The molecule has 0 aromatic carbocycles. The van der Waals surface area contributed by atoms with Crippen molar-refractivity contribution in [3.63, 3.8) is 0 Å². The van der Waals surface area contributed by atoms with Gasteiger partial charge in [0, 0.05) is 35.9 Å². The summed E-state index contributed by atoms with van der Waals surface area (Å²) in [6.45, 7) is -0.193. The Labute approximate surface area is 111 Å². The van der Waals surface area contributed by atoms with Crippen LogP contribution in [0.4, 0.5) is 22.0 Å². The van der Waals surface area contributed by atoms with E-state index in [1.165, 1.54) is 0 Å². The fourth-order valence-corrected chi connectivity index (χ4v) is 1.92. The van der Waals surface area contributed by atoms with Crippen molar-refractivity contribution < 1.29 is 22.0 Å². The van der Waals surface area contributed by atoms with Crippen molar-refractivity contribution in [3.8, 4) is 0 Å². The SMILES string of the molecule is NCc1ncc(C2=C(C(F)(F)F)[CH]CC=C2F)cc1F. The van der Waals surface area contributed by atoms with Gasteiger partial charge in [-0.2, -0.15) is 13.2 Å². The van der Waals surface area contributed by atoms with Gasteiger partial charge in [-0.05, 0) is 18.6 Å². The predicted molar refractivity (Wildman–Crippen MR) is 63.2 cm³/mol. The molecule has 20 heavy (non-hydrogen) atoms. The van der Waals surface area contributed by atoms with Crippen LogP contribution in [0.2, 0.25) is 0 Å². The minimum absolute atomic E-state index is 0.0907. The first kappa shape index (κ1) is 14.6. The van der Waals surface area contributed by atoms with Gasteiger partial charge in [-0.3, -0.25) is 4.98 Å². The number of hydrogen-bond acceptors (Lipinski definition) is 2. The Hall–Kier alpha value is -1.76. The second kappa shape index (κ2) is 5.32. The largest absolute Gasteiger partial charge is 0.413 e. The highest BCUT2D eigenvalue weighted by atomic mass is 19.4. The van der Waals surface area contributed by atoms with E-state index in [0.29, 0.717) is 0 Å². The van der Waals surface area contributed by atoms with Gasteiger partial charge < -0.3 is 5.73 Å². The predicted octanol–water partition coefficient (Wildman–Crippen LogP) is 3.46. The summed E-state index contributed by atoms with van der Waals surface area (Å²) in [5, 5.41) is 0. The summed E-state index contributed by atoms with van der Waals surface area (Å²) in [5.74, 6) is -1.90. The van der Waals surface area contributed by atoms with Crippen molar-refractivity contribution >= 4 is 5.57 Å². The molecular weight excluding hydrogens is 279 g/mol. The van der Waals surface area contributed by atoms with Crippen LogP contribution in [-0.2, 0) is 6.54 Å². The molecule has 0 amide bonds. The topological polar surface area (TPSA) is 38.9 Å². The number of nitrogens with zero attached hydrogens (tertiary/aromatic N) is 1. The Morgan fingerprint density at radius 2 is 1.95 bits per heavy atom. The number of pyridine rings is 1. The molecular formula is C13H10F5N2. The molecule has 2 N–H and O–H groups in total. The van der Waals surface area contributed by atoms with Crippen molar-refractivity contribution in [1.82, 2.24) is 4.98 Å². The standard InChI is InChI=1S/C13H10F5N2/c14-9-3-1-2-8(13(16,17)18)12(9)7-4-10(15)11(5-19)20-6-7/h2-4,6H,1,5,19H2. The van der Waals surface area contributed by atoms with E-state index in [4.69, 9.17) is 5.73 Å². The Kier molecular flexibility index (Phi) is 3.89. The molecule has 2 rings (SSSR count). The van der Waals surface area contributed by atoms with Gasteiger partial charge in [0.05, 0.1) is 5.69 Å².